The maximum Gasteiger partial charge on any atom is 0.139 e. The monoisotopic (exact) mass is 576 g/mol. The van der Waals surface area contributed by atoms with Crippen LogP contribution in [-0.2, 0) is 12.8 Å². The van der Waals surface area contributed by atoms with Crippen LogP contribution in [0, 0.1) is 0 Å². The second-order valence-corrected chi connectivity index (χ2v) is 11.2. The van der Waals surface area contributed by atoms with Crippen LogP contribution in [0.25, 0.3) is 11.1 Å². The third kappa shape index (κ3) is 10.4. The summed E-state index contributed by atoms with van der Waals surface area (Å²) in [6.07, 6.45) is 3.93. The molecule has 0 aliphatic carbocycles. The Labute approximate surface area is 259 Å². The topological polar surface area (TPSA) is 42.5 Å². The Balaban J connectivity index is 1.27. The van der Waals surface area contributed by atoms with E-state index >= 15 is 0 Å². The normalized spacial score (nSPS) is 13.2. The van der Waals surface area contributed by atoms with Gasteiger partial charge in [0.05, 0.1) is 0 Å². The second kappa shape index (κ2) is 17.3. The SMILES string of the molecule is CC/C(=C(/CC)c1ccc(OCNC(C)Cc2ccccc2)cc1)c1ccc(OCCNC(C)Cc2ccccc2)cc1. The predicted molar refractivity (Wildman–Crippen MR) is 182 cm³/mol. The van der Waals surface area contributed by atoms with Gasteiger partial charge in [-0.2, -0.15) is 0 Å². The van der Waals surface area contributed by atoms with Gasteiger partial charge in [0.1, 0.15) is 24.8 Å². The molecule has 0 fully saturated rings. The minimum Gasteiger partial charge on any atom is -0.492 e. The third-order valence-corrected chi connectivity index (χ3v) is 7.78. The zero-order chi connectivity index (χ0) is 30.3. The van der Waals surface area contributed by atoms with Crippen LogP contribution in [0.5, 0.6) is 11.5 Å². The molecule has 0 bridgehead atoms. The van der Waals surface area contributed by atoms with Gasteiger partial charge in [0.25, 0.3) is 0 Å². The van der Waals surface area contributed by atoms with Crippen LogP contribution in [0.15, 0.2) is 109 Å². The van der Waals surface area contributed by atoms with Crippen molar-refractivity contribution in [2.24, 2.45) is 0 Å². The lowest BCUT2D eigenvalue weighted by Crippen LogP contribution is -2.31. The van der Waals surface area contributed by atoms with Crippen molar-refractivity contribution in [3.63, 3.8) is 0 Å². The molecule has 4 rings (SSSR count). The highest BCUT2D eigenvalue weighted by Gasteiger charge is 2.11. The van der Waals surface area contributed by atoms with E-state index in [-0.39, 0.29) is 0 Å². The summed E-state index contributed by atoms with van der Waals surface area (Å²) in [5.74, 6) is 1.78. The highest BCUT2D eigenvalue weighted by atomic mass is 16.5. The minimum absolute atomic E-state index is 0.338. The summed E-state index contributed by atoms with van der Waals surface area (Å²) in [6.45, 7) is 10.8. The molecular formula is C39H48N2O2. The molecule has 0 aliphatic rings. The van der Waals surface area contributed by atoms with Crippen molar-refractivity contribution in [2.75, 3.05) is 19.9 Å². The molecule has 0 spiro atoms. The van der Waals surface area contributed by atoms with Gasteiger partial charge in [0.15, 0.2) is 0 Å². The average Bonchev–Trinajstić information content (AvgIpc) is 3.04. The Morgan fingerprint density at radius 1 is 0.558 bits per heavy atom. The lowest BCUT2D eigenvalue weighted by Gasteiger charge is -2.17. The fourth-order valence-electron chi connectivity index (χ4n) is 5.51. The lowest BCUT2D eigenvalue weighted by molar-refractivity contribution is 0.266. The summed E-state index contributed by atoms with van der Waals surface area (Å²) in [7, 11) is 0. The number of hydrogen-bond donors (Lipinski definition) is 2. The van der Waals surface area contributed by atoms with Gasteiger partial charge < -0.3 is 14.8 Å². The van der Waals surface area contributed by atoms with Gasteiger partial charge in [0.2, 0.25) is 0 Å². The van der Waals surface area contributed by atoms with E-state index in [2.05, 4.69) is 148 Å². The molecule has 2 atom stereocenters. The van der Waals surface area contributed by atoms with Crippen molar-refractivity contribution in [2.45, 2.75) is 65.5 Å². The van der Waals surface area contributed by atoms with Gasteiger partial charge >= 0.3 is 0 Å². The zero-order valence-corrected chi connectivity index (χ0v) is 26.3. The van der Waals surface area contributed by atoms with Crippen LogP contribution in [0.1, 0.15) is 62.8 Å². The van der Waals surface area contributed by atoms with Gasteiger partial charge in [-0.1, -0.05) is 98.8 Å². The Hall–Kier alpha value is -3.86. The highest BCUT2D eigenvalue weighted by molar-refractivity contribution is 5.90. The molecule has 0 radical (unpaired) electrons. The Morgan fingerprint density at radius 3 is 1.47 bits per heavy atom. The Kier molecular flexibility index (Phi) is 12.9. The summed E-state index contributed by atoms with van der Waals surface area (Å²) in [4.78, 5) is 0. The molecule has 0 saturated carbocycles. The van der Waals surface area contributed by atoms with E-state index in [0.717, 1.165) is 43.7 Å². The maximum absolute atomic E-state index is 6.04. The summed E-state index contributed by atoms with van der Waals surface area (Å²) < 4.78 is 12.0. The van der Waals surface area contributed by atoms with E-state index in [1.807, 2.05) is 0 Å². The van der Waals surface area contributed by atoms with Gasteiger partial charge in [-0.25, -0.2) is 0 Å². The summed E-state index contributed by atoms with van der Waals surface area (Å²) >= 11 is 0. The van der Waals surface area contributed by atoms with E-state index in [0.29, 0.717) is 25.4 Å². The Morgan fingerprint density at radius 2 is 1.00 bits per heavy atom. The molecule has 0 heterocycles. The quantitative estimate of drug-likeness (QED) is 0.0751. The first kappa shape index (κ1) is 32.1. The molecule has 0 amide bonds. The number of benzene rings is 4. The molecule has 4 heteroatoms. The number of hydrogen-bond acceptors (Lipinski definition) is 4. The van der Waals surface area contributed by atoms with Crippen molar-refractivity contribution < 1.29 is 9.47 Å². The molecule has 43 heavy (non-hydrogen) atoms. The zero-order valence-electron chi connectivity index (χ0n) is 26.3. The fraction of sp³-hybridized carbons (Fsp3) is 0.333. The van der Waals surface area contributed by atoms with Gasteiger partial charge in [-0.15, -0.1) is 0 Å². The maximum atomic E-state index is 6.04. The fourth-order valence-corrected chi connectivity index (χ4v) is 5.51. The highest BCUT2D eigenvalue weighted by Crippen LogP contribution is 2.33. The average molecular weight is 577 g/mol. The molecule has 4 aromatic carbocycles. The number of nitrogens with one attached hydrogen (secondary N) is 2. The predicted octanol–water partition coefficient (Wildman–Crippen LogP) is 8.57. The van der Waals surface area contributed by atoms with Gasteiger partial charge in [0, 0.05) is 18.6 Å². The minimum atomic E-state index is 0.338. The number of rotatable bonds is 17. The molecule has 0 aromatic heterocycles. The molecule has 4 aromatic rings. The molecular weight excluding hydrogens is 528 g/mol. The van der Waals surface area contributed by atoms with Gasteiger partial charge in [-0.3, -0.25) is 5.32 Å². The number of ether oxygens (including phenoxy) is 2. The molecule has 0 aliphatic heterocycles. The van der Waals surface area contributed by atoms with Crippen LogP contribution in [0.3, 0.4) is 0 Å². The van der Waals surface area contributed by atoms with Crippen LogP contribution in [0.2, 0.25) is 0 Å². The van der Waals surface area contributed by atoms with E-state index in [4.69, 9.17) is 9.47 Å². The smallest absolute Gasteiger partial charge is 0.139 e. The van der Waals surface area contributed by atoms with E-state index < -0.39 is 0 Å². The third-order valence-electron chi connectivity index (χ3n) is 7.78. The first-order chi connectivity index (χ1) is 21.1. The standard InChI is InChI=1S/C39H48N2O2/c1-5-38(34-17-21-36(22-18-34)42-26-25-40-30(3)27-32-13-9-7-10-14-32)39(6-2)35-19-23-37(24-20-35)43-29-41-31(4)28-33-15-11-8-12-16-33/h7-24,30-31,40-41H,5-6,25-29H2,1-4H3/b39-38+. The van der Waals surface area contributed by atoms with E-state index in [1.54, 1.807) is 0 Å². The van der Waals surface area contributed by atoms with Crippen molar-refractivity contribution in [1.29, 1.82) is 0 Å². The number of allylic oxidation sites excluding steroid dienone is 2. The molecule has 0 saturated heterocycles. The second-order valence-electron chi connectivity index (χ2n) is 11.2. The largest absolute Gasteiger partial charge is 0.492 e. The van der Waals surface area contributed by atoms with Crippen molar-refractivity contribution in [1.82, 2.24) is 10.6 Å². The van der Waals surface area contributed by atoms with Crippen molar-refractivity contribution in [3.8, 4) is 11.5 Å². The summed E-state index contributed by atoms with van der Waals surface area (Å²) in [6, 6.07) is 39.0. The van der Waals surface area contributed by atoms with Crippen LogP contribution < -0.4 is 20.1 Å². The molecule has 2 unspecified atom stereocenters. The summed E-state index contributed by atoms with van der Waals surface area (Å²) in [5, 5.41) is 7.03. The van der Waals surface area contributed by atoms with Crippen LogP contribution in [-0.4, -0.2) is 32.0 Å². The first-order valence-electron chi connectivity index (χ1n) is 15.8. The lowest BCUT2D eigenvalue weighted by atomic mass is 9.91. The van der Waals surface area contributed by atoms with Crippen molar-refractivity contribution in [3.05, 3.63) is 131 Å². The van der Waals surface area contributed by atoms with Gasteiger partial charge in [-0.05, 0) is 97.2 Å². The Bertz CT molecular complexity index is 1370. The molecule has 2 N–H and O–H groups in total. The van der Waals surface area contributed by atoms with E-state index in [9.17, 15) is 0 Å². The summed E-state index contributed by atoms with van der Waals surface area (Å²) in [5.41, 5.74) is 7.92. The first-order valence-corrected chi connectivity index (χ1v) is 15.8. The van der Waals surface area contributed by atoms with E-state index in [1.165, 1.54) is 33.4 Å². The van der Waals surface area contributed by atoms with Crippen LogP contribution >= 0.6 is 0 Å². The molecule has 226 valence electrons. The van der Waals surface area contributed by atoms with Crippen molar-refractivity contribution >= 4 is 11.1 Å². The molecule has 4 nitrogen and oxygen atoms in total. The van der Waals surface area contributed by atoms with Crippen LogP contribution in [0.4, 0.5) is 0 Å².